The molecule has 0 amide bonds. The molecule has 1 saturated carbocycles. The van der Waals surface area contributed by atoms with Crippen LogP contribution in [0.3, 0.4) is 0 Å². The van der Waals surface area contributed by atoms with Crippen LogP contribution < -0.4 is 10.1 Å². The highest BCUT2D eigenvalue weighted by molar-refractivity contribution is 5.47. The smallest absolute Gasteiger partial charge is 0.278 e. The van der Waals surface area contributed by atoms with Crippen molar-refractivity contribution in [3.05, 3.63) is 22.2 Å². The van der Waals surface area contributed by atoms with E-state index in [0.717, 1.165) is 25.7 Å². The Morgan fingerprint density at radius 3 is 2.95 bits per heavy atom. The molecule has 0 radical (unpaired) electrons. The van der Waals surface area contributed by atoms with Crippen LogP contribution in [0.1, 0.15) is 39.0 Å². The molecule has 1 fully saturated rings. The SMILES string of the molecule is CCC1CCCC(Oc2cc([N+](=O)[O-])cc(NC)n2)C1. The Bertz CT molecular complexity index is 479. The summed E-state index contributed by atoms with van der Waals surface area (Å²) in [5, 5.41) is 13.7. The van der Waals surface area contributed by atoms with Gasteiger partial charge < -0.3 is 10.1 Å². The van der Waals surface area contributed by atoms with Gasteiger partial charge in [0.05, 0.1) is 17.1 Å². The molecule has 2 atom stereocenters. The summed E-state index contributed by atoms with van der Waals surface area (Å²) < 4.78 is 5.87. The van der Waals surface area contributed by atoms with Gasteiger partial charge in [-0.15, -0.1) is 0 Å². The van der Waals surface area contributed by atoms with E-state index >= 15 is 0 Å². The Morgan fingerprint density at radius 1 is 1.50 bits per heavy atom. The normalized spacial score (nSPS) is 22.3. The first-order valence-corrected chi connectivity index (χ1v) is 7.13. The van der Waals surface area contributed by atoms with Gasteiger partial charge in [-0.1, -0.05) is 19.8 Å². The Labute approximate surface area is 118 Å². The maximum Gasteiger partial charge on any atom is 0.278 e. The summed E-state index contributed by atoms with van der Waals surface area (Å²) >= 11 is 0. The Balaban J connectivity index is 2.11. The van der Waals surface area contributed by atoms with E-state index in [4.69, 9.17) is 4.74 Å². The molecule has 0 aliphatic heterocycles. The van der Waals surface area contributed by atoms with E-state index in [1.54, 1.807) is 7.05 Å². The third kappa shape index (κ3) is 3.59. The lowest BCUT2D eigenvalue weighted by Gasteiger charge is -2.28. The molecule has 20 heavy (non-hydrogen) atoms. The lowest BCUT2D eigenvalue weighted by molar-refractivity contribution is -0.384. The van der Waals surface area contributed by atoms with Crippen molar-refractivity contribution in [2.75, 3.05) is 12.4 Å². The summed E-state index contributed by atoms with van der Waals surface area (Å²) in [7, 11) is 1.68. The molecule has 2 unspecified atom stereocenters. The summed E-state index contributed by atoms with van der Waals surface area (Å²) in [6.45, 7) is 2.19. The Hall–Kier alpha value is -1.85. The van der Waals surface area contributed by atoms with Crippen molar-refractivity contribution >= 4 is 11.5 Å². The lowest BCUT2D eigenvalue weighted by atomic mass is 9.85. The summed E-state index contributed by atoms with van der Waals surface area (Å²) in [6, 6.07) is 2.80. The standard InChI is InChI=1S/C14H21N3O3/c1-3-10-5-4-6-12(7-10)20-14-9-11(17(18)19)8-13(15-2)16-14/h8-10,12H,3-7H2,1-2H3,(H,15,16). The van der Waals surface area contributed by atoms with Crippen LogP contribution in [0.2, 0.25) is 0 Å². The Morgan fingerprint density at radius 2 is 2.30 bits per heavy atom. The zero-order chi connectivity index (χ0) is 14.5. The number of nitrogens with one attached hydrogen (secondary N) is 1. The fourth-order valence-corrected chi connectivity index (χ4v) is 2.68. The third-order valence-corrected chi connectivity index (χ3v) is 3.85. The number of anilines is 1. The minimum Gasteiger partial charge on any atom is -0.474 e. The van der Waals surface area contributed by atoms with Gasteiger partial charge in [-0.05, 0) is 25.2 Å². The molecule has 1 aromatic heterocycles. The van der Waals surface area contributed by atoms with Crippen molar-refractivity contribution in [1.82, 2.24) is 4.98 Å². The predicted octanol–water partition coefficient (Wildman–Crippen LogP) is 3.38. The first-order chi connectivity index (χ1) is 9.62. The van der Waals surface area contributed by atoms with Crippen LogP contribution in [-0.2, 0) is 0 Å². The molecule has 6 heteroatoms. The predicted molar refractivity (Wildman–Crippen MR) is 77.1 cm³/mol. The number of aromatic nitrogens is 1. The molecule has 2 rings (SSSR count). The van der Waals surface area contributed by atoms with Crippen molar-refractivity contribution in [2.24, 2.45) is 5.92 Å². The molecule has 0 spiro atoms. The number of rotatable bonds is 5. The molecular formula is C14H21N3O3. The number of pyridine rings is 1. The third-order valence-electron chi connectivity index (χ3n) is 3.85. The molecule has 0 saturated heterocycles. The van der Waals surface area contributed by atoms with Crippen molar-refractivity contribution in [3.63, 3.8) is 0 Å². The average Bonchev–Trinajstić information content (AvgIpc) is 2.47. The van der Waals surface area contributed by atoms with Crippen molar-refractivity contribution in [3.8, 4) is 5.88 Å². The van der Waals surface area contributed by atoms with E-state index in [1.807, 2.05) is 0 Å². The van der Waals surface area contributed by atoms with E-state index in [1.165, 1.54) is 18.6 Å². The van der Waals surface area contributed by atoms with E-state index < -0.39 is 4.92 Å². The van der Waals surface area contributed by atoms with E-state index in [-0.39, 0.29) is 11.8 Å². The van der Waals surface area contributed by atoms with Crippen LogP contribution in [0.15, 0.2) is 12.1 Å². The van der Waals surface area contributed by atoms with Gasteiger partial charge >= 0.3 is 0 Å². The molecule has 1 aliphatic rings. The molecule has 1 N–H and O–H groups in total. The zero-order valence-electron chi connectivity index (χ0n) is 12.0. The second-order valence-electron chi connectivity index (χ2n) is 5.24. The highest BCUT2D eigenvalue weighted by Crippen LogP contribution is 2.30. The minimum absolute atomic E-state index is 0.00204. The lowest BCUT2D eigenvalue weighted by Crippen LogP contribution is -2.25. The van der Waals surface area contributed by atoms with Crippen LogP contribution in [0.25, 0.3) is 0 Å². The van der Waals surface area contributed by atoms with E-state index in [0.29, 0.717) is 17.6 Å². The van der Waals surface area contributed by atoms with Crippen LogP contribution in [0.4, 0.5) is 11.5 Å². The second kappa shape index (κ2) is 6.54. The first kappa shape index (κ1) is 14.6. The fraction of sp³-hybridized carbons (Fsp3) is 0.643. The quantitative estimate of drug-likeness (QED) is 0.660. The van der Waals surface area contributed by atoms with Gasteiger partial charge in [0.2, 0.25) is 5.88 Å². The number of hydrogen-bond acceptors (Lipinski definition) is 5. The number of nitrogens with zero attached hydrogens (tertiary/aromatic N) is 2. The summed E-state index contributed by atoms with van der Waals surface area (Å²) in [5.41, 5.74) is 0.00204. The molecule has 1 aromatic rings. The summed E-state index contributed by atoms with van der Waals surface area (Å²) in [4.78, 5) is 14.7. The number of ether oxygens (including phenoxy) is 1. The topological polar surface area (TPSA) is 77.3 Å². The van der Waals surface area contributed by atoms with Crippen LogP contribution in [-0.4, -0.2) is 23.1 Å². The monoisotopic (exact) mass is 279 g/mol. The fourth-order valence-electron chi connectivity index (χ4n) is 2.68. The average molecular weight is 279 g/mol. The van der Waals surface area contributed by atoms with Gasteiger partial charge in [-0.3, -0.25) is 10.1 Å². The van der Waals surface area contributed by atoms with Gasteiger partial charge in [-0.2, -0.15) is 4.98 Å². The zero-order valence-corrected chi connectivity index (χ0v) is 12.0. The molecule has 0 aromatic carbocycles. The molecular weight excluding hydrogens is 258 g/mol. The number of hydrogen-bond donors (Lipinski definition) is 1. The highest BCUT2D eigenvalue weighted by atomic mass is 16.6. The van der Waals surface area contributed by atoms with Crippen molar-refractivity contribution in [1.29, 1.82) is 0 Å². The first-order valence-electron chi connectivity index (χ1n) is 7.13. The van der Waals surface area contributed by atoms with E-state index in [9.17, 15) is 10.1 Å². The van der Waals surface area contributed by atoms with Crippen molar-refractivity contribution < 1.29 is 9.66 Å². The van der Waals surface area contributed by atoms with Crippen molar-refractivity contribution in [2.45, 2.75) is 45.1 Å². The maximum atomic E-state index is 10.9. The van der Waals surface area contributed by atoms with Gasteiger partial charge in [0.1, 0.15) is 11.9 Å². The molecule has 1 heterocycles. The molecule has 6 nitrogen and oxygen atoms in total. The largest absolute Gasteiger partial charge is 0.474 e. The van der Waals surface area contributed by atoms with Gasteiger partial charge in [0.25, 0.3) is 5.69 Å². The maximum absolute atomic E-state index is 10.9. The van der Waals surface area contributed by atoms with Gasteiger partial charge in [0, 0.05) is 7.05 Å². The summed E-state index contributed by atoms with van der Waals surface area (Å²) in [6.07, 6.45) is 5.68. The van der Waals surface area contributed by atoms with Gasteiger partial charge in [-0.25, -0.2) is 0 Å². The molecule has 1 aliphatic carbocycles. The van der Waals surface area contributed by atoms with Crippen LogP contribution >= 0.6 is 0 Å². The number of nitro groups is 1. The molecule has 110 valence electrons. The Kier molecular flexibility index (Phi) is 4.76. The van der Waals surface area contributed by atoms with Crippen LogP contribution in [0.5, 0.6) is 5.88 Å². The highest BCUT2D eigenvalue weighted by Gasteiger charge is 2.23. The van der Waals surface area contributed by atoms with Crippen LogP contribution in [0, 0.1) is 16.0 Å². The second-order valence-corrected chi connectivity index (χ2v) is 5.24. The minimum atomic E-state index is -0.425. The molecule has 0 bridgehead atoms. The van der Waals surface area contributed by atoms with E-state index in [2.05, 4.69) is 17.2 Å². The van der Waals surface area contributed by atoms with Gasteiger partial charge in [0.15, 0.2) is 0 Å². The summed E-state index contributed by atoms with van der Waals surface area (Å²) in [5.74, 6) is 1.48.